The van der Waals surface area contributed by atoms with E-state index in [0.29, 0.717) is 5.92 Å². The van der Waals surface area contributed by atoms with Crippen LogP contribution in [0.15, 0.2) is 24.3 Å². The number of hydrogen-bond donors (Lipinski definition) is 2. The lowest BCUT2D eigenvalue weighted by Crippen LogP contribution is -2.40. The van der Waals surface area contributed by atoms with Crippen molar-refractivity contribution in [3.05, 3.63) is 29.8 Å². The van der Waals surface area contributed by atoms with Crippen LogP contribution < -0.4 is 4.72 Å². The molecule has 2 rings (SSSR count). The third kappa shape index (κ3) is 3.29. The maximum atomic E-state index is 12.2. The second-order valence-corrected chi connectivity index (χ2v) is 6.82. The van der Waals surface area contributed by atoms with E-state index >= 15 is 0 Å². The Labute approximate surface area is 118 Å². The van der Waals surface area contributed by atoms with Gasteiger partial charge in [0.1, 0.15) is 0 Å². The lowest BCUT2D eigenvalue weighted by molar-refractivity contribution is 0.0697. The molecule has 110 valence electrons. The molecule has 0 saturated heterocycles. The number of anilines is 1. The molecule has 1 fully saturated rings. The average Bonchev–Trinajstić information content (AvgIpc) is 3.21. The van der Waals surface area contributed by atoms with Crippen molar-refractivity contribution in [1.82, 2.24) is 4.31 Å². The minimum absolute atomic E-state index is 0.0445. The molecule has 0 heterocycles. The molecule has 0 bridgehead atoms. The van der Waals surface area contributed by atoms with Gasteiger partial charge in [0, 0.05) is 13.1 Å². The van der Waals surface area contributed by atoms with Gasteiger partial charge in [0.25, 0.3) is 0 Å². The minimum Gasteiger partial charge on any atom is -0.478 e. The Hall–Kier alpha value is -1.60. The Kier molecular flexibility index (Phi) is 4.01. The first-order valence-electron chi connectivity index (χ1n) is 6.40. The predicted molar refractivity (Wildman–Crippen MR) is 75.9 cm³/mol. The van der Waals surface area contributed by atoms with Crippen molar-refractivity contribution in [2.75, 3.05) is 11.8 Å². The van der Waals surface area contributed by atoms with E-state index in [-0.39, 0.29) is 17.3 Å². The van der Waals surface area contributed by atoms with Crippen LogP contribution in [0.25, 0.3) is 0 Å². The third-order valence-electron chi connectivity index (χ3n) is 3.61. The fourth-order valence-corrected chi connectivity index (χ4v) is 3.21. The van der Waals surface area contributed by atoms with E-state index in [4.69, 9.17) is 5.11 Å². The number of nitrogens with zero attached hydrogens (tertiary/aromatic N) is 1. The Morgan fingerprint density at radius 1 is 1.45 bits per heavy atom. The number of carboxylic acid groups (broad SMARTS) is 1. The van der Waals surface area contributed by atoms with E-state index in [2.05, 4.69) is 4.72 Å². The zero-order valence-electron chi connectivity index (χ0n) is 11.4. The van der Waals surface area contributed by atoms with Gasteiger partial charge in [-0.1, -0.05) is 6.07 Å². The van der Waals surface area contributed by atoms with E-state index in [0.717, 1.165) is 12.8 Å². The van der Waals surface area contributed by atoms with E-state index in [9.17, 15) is 13.2 Å². The van der Waals surface area contributed by atoms with Gasteiger partial charge in [-0.25, -0.2) is 4.79 Å². The highest BCUT2D eigenvalue weighted by Gasteiger charge is 2.35. The summed E-state index contributed by atoms with van der Waals surface area (Å²) >= 11 is 0. The van der Waals surface area contributed by atoms with Gasteiger partial charge in [-0.2, -0.15) is 12.7 Å². The molecule has 1 aromatic carbocycles. The first-order chi connectivity index (χ1) is 9.31. The summed E-state index contributed by atoms with van der Waals surface area (Å²) in [6.07, 6.45) is 2.10. The van der Waals surface area contributed by atoms with Crippen molar-refractivity contribution in [3.63, 3.8) is 0 Å². The smallest absolute Gasteiger partial charge is 0.335 e. The third-order valence-corrected chi connectivity index (χ3v) is 5.20. The Morgan fingerprint density at radius 3 is 2.65 bits per heavy atom. The quantitative estimate of drug-likeness (QED) is 0.838. The molecule has 0 amide bonds. The first kappa shape index (κ1) is 14.8. The molecule has 1 aliphatic rings. The molecule has 1 atom stereocenters. The van der Waals surface area contributed by atoms with Crippen LogP contribution in [0.5, 0.6) is 0 Å². The number of nitrogens with one attached hydrogen (secondary N) is 1. The van der Waals surface area contributed by atoms with Crippen molar-refractivity contribution in [2.45, 2.75) is 25.8 Å². The summed E-state index contributed by atoms with van der Waals surface area (Å²) in [5.74, 6) is -0.673. The van der Waals surface area contributed by atoms with Crippen LogP contribution in [-0.4, -0.2) is 36.9 Å². The van der Waals surface area contributed by atoms with Gasteiger partial charge in [-0.3, -0.25) is 4.72 Å². The van der Waals surface area contributed by atoms with Gasteiger partial charge in [0.2, 0.25) is 0 Å². The molecule has 20 heavy (non-hydrogen) atoms. The Balaban J connectivity index is 2.15. The fourth-order valence-electron chi connectivity index (χ4n) is 2.03. The number of hydrogen-bond acceptors (Lipinski definition) is 3. The van der Waals surface area contributed by atoms with Crippen molar-refractivity contribution >= 4 is 21.9 Å². The van der Waals surface area contributed by atoms with E-state index < -0.39 is 16.2 Å². The zero-order valence-corrected chi connectivity index (χ0v) is 12.2. The molecular formula is C13H18N2O4S. The Morgan fingerprint density at radius 2 is 2.10 bits per heavy atom. The molecule has 0 aromatic heterocycles. The second kappa shape index (κ2) is 5.41. The van der Waals surface area contributed by atoms with Crippen molar-refractivity contribution in [2.24, 2.45) is 5.92 Å². The number of carbonyl (C=O) groups is 1. The summed E-state index contributed by atoms with van der Waals surface area (Å²) < 4.78 is 28.2. The maximum Gasteiger partial charge on any atom is 0.335 e. The molecule has 1 saturated carbocycles. The fraction of sp³-hybridized carbons (Fsp3) is 0.462. The van der Waals surface area contributed by atoms with Crippen LogP contribution >= 0.6 is 0 Å². The van der Waals surface area contributed by atoms with Gasteiger partial charge >= 0.3 is 16.2 Å². The second-order valence-electron chi connectivity index (χ2n) is 5.09. The topological polar surface area (TPSA) is 86.7 Å². The van der Waals surface area contributed by atoms with Gasteiger partial charge < -0.3 is 5.11 Å². The molecule has 1 aliphatic carbocycles. The number of benzene rings is 1. The van der Waals surface area contributed by atoms with E-state index in [1.165, 1.54) is 35.6 Å². The van der Waals surface area contributed by atoms with E-state index in [1.807, 2.05) is 6.92 Å². The highest BCUT2D eigenvalue weighted by Crippen LogP contribution is 2.35. The van der Waals surface area contributed by atoms with Crippen LogP contribution in [0.4, 0.5) is 5.69 Å². The first-order valence-corrected chi connectivity index (χ1v) is 7.84. The van der Waals surface area contributed by atoms with E-state index in [1.54, 1.807) is 0 Å². The predicted octanol–water partition coefficient (Wildman–Crippen LogP) is 1.77. The molecule has 1 aromatic rings. The van der Waals surface area contributed by atoms with Gasteiger partial charge in [0.15, 0.2) is 0 Å². The van der Waals surface area contributed by atoms with Crippen LogP contribution in [0.2, 0.25) is 0 Å². The van der Waals surface area contributed by atoms with Crippen LogP contribution in [0.1, 0.15) is 30.1 Å². The lowest BCUT2D eigenvalue weighted by atomic mass is 10.2. The SMILES string of the molecule is CC(C1CC1)N(C)S(=O)(=O)Nc1cccc(C(=O)O)c1. The largest absolute Gasteiger partial charge is 0.478 e. The standard InChI is InChI=1S/C13H18N2O4S/c1-9(10-6-7-10)15(2)20(18,19)14-12-5-3-4-11(8-12)13(16)17/h3-5,8-10,14H,6-7H2,1-2H3,(H,16,17). The van der Waals surface area contributed by atoms with Crippen molar-refractivity contribution in [3.8, 4) is 0 Å². The molecule has 7 heteroatoms. The summed E-state index contributed by atoms with van der Waals surface area (Å²) in [6.45, 7) is 1.88. The van der Waals surface area contributed by atoms with Gasteiger partial charge in [-0.15, -0.1) is 0 Å². The molecule has 6 nitrogen and oxygen atoms in total. The van der Waals surface area contributed by atoms with Gasteiger partial charge in [-0.05, 0) is 43.9 Å². The number of aromatic carboxylic acids is 1. The number of carboxylic acids is 1. The molecule has 0 aliphatic heterocycles. The zero-order chi connectivity index (χ0) is 14.9. The van der Waals surface area contributed by atoms with Crippen molar-refractivity contribution < 1.29 is 18.3 Å². The number of rotatable bonds is 6. The summed E-state index contributed by atoms with van der Waals surface area (Å²) in [5.41, 5.74) is 0.294. The minimum atomic E-state index is -3.67. The highest BCUT2D eigenvalue weighted by atomic mass is 32.2. The normalized spacial score (nSPS) is 16.9. The maximum absolute atomic E-state index is 12.2. The molecule has 1 unspecified atom stereocenters. The van der Waals surface area contributed by atoms with Crippen molar-refractivity contribution in [1.29, 1.82) is 0 Å². The van der Waals surface area contributed by atoms with Crippen LogP contribution in [0.3, 0.4) is 0 Å². The summed E-state index contributed by atoms with van der Waals surface area (Å²) in [4.78, 5) is 10.9. The summed E-state index contributed by atoms with van der Waals surface area (Å²) in [5, 5.41) is 8.90. The molecule has 0 radical (unpaired) electrons. The Bertz CT molecular complexity index is 611. The van der Waals surface area contributed by atoms with Crippen LogP contribution in [0, 0.1) is 5.92 Å². The lowest BCUT2D eigenvalue weighted by Gasteiger charge is -2.24. The highest BCUT2D eigenvalue weighted by molar-refractivity contribution is 7.90. The van der Waals surface area contributed by atoms with Gasteiger partial charge in [0.05, 0.1) is 11.3 Å². The molecule has 0 spiro atoms. The molecule has 2 N–H and O–H groups in total. The summed E-state index contributed by atoms with van der Waals surface area (Å²) in [6, 6.07) is 5.69. The molecular weight excluding hydrogens is 280 g/mol. The monoisotopic (exact) mass is 298 g/mol. The van der Waals surface area contributed by atoms with Crippen LogP contribution in [-0.2, 0) is 10.2 Å². The average molecular weight is 298 g/mol. The summed E-state index contributed by atoms with van der Waals surface area (Å²) in [7, 11) is -2.14.